The number of nitrogens with one attached hydrogen (secondary N) is 2. The normalized spacial score (nSPS) is 16.0. The molecule has 2 heterocycles. The Morgan fingerprint density at radius 1 is 1.13 bits per heavy atom. The molecule has 168 valence electrons. The van der Waals surface area contributed by atoms with Crippen LogP contribution in [0.15, 0.2) is 52.1 Å². The molecule has 1 aliphatic rings. The third-order valence-electron chi connectivity index (χ3n) is 5.54. The van der Waals surface area contributed by atoms with E-state index < -0.39 is 0 Å². The molecule has 7 heteroatoms. The number of furan rings is 1. The molecule has 1 amide bonds. The van der Waals surface area contributed by atoms with Crippen LogP contribution in [0.1, 0.15) is 53.9 Å². The first-order chi connectivity index (χ1) is 15.1. The van der Waals surface area contributed by atoms with Crippen molar-refractivity contribution < 1.29 is 9.21 Å². The van der Waals surface area contributed by atoms with Gasteiger partial charge in [-0.3, -0.25) is 9.69 Å². The van der Waals surface area contributed by atoms with Crippen molar-refractivity contribution >= 4 is 11.9 Å². The van der Waals surface area contributed by atoms with Gasteiger partial charge in [-0.2, -0.15) is 0 Å². The monoisotopic (exact) mass is 425 g/mol. The standard InChI is InChI=1S/C24H35N5O2/c1-4-25-24(26-17-19-10-12-20(13-11-19)23(30)28(2)3)27-18-21(22-9-8-16-31-22)29-14-6-5-7-15-29/h8-13,16,21H,4-7,14-15,17-18H2,1-3H3,(H2,25,26,27). The largest absolute Gasteiger partial charge is 0.468 e. The summed E-state index contributed by atoms with van der Waals surface area (Å²) >= 11 is 0. The lowest BCUT2D eigenvalue weighted by Gasteiger charge is -2.33. The summed E-state index contributed by atoms with van der Waals surface area (Å²) in [6.45, 7) is 6.32. The summed E-state index contributed by atoms with van der Waals surface area (Å²) in [6, 6.07) is 11.8. The highest BCUT2D eigenvalue weighted by Gasteiger charge is 2.24. The Labute approximate surface area is 185 Å². The van der Waals surface area contributed by atoms with Crippen molar-refractivity contribution in [2.75, 3.05) is 40.3 Å². The number of piperidine rings is 1. The maximum absolute atomic E-state index is 12.1. The minimum absolute atomic E-state index is 0.00624. The van der Waals surface area contributed by atoms with E-state index in [9.17, 15) is 4.79 Å². The molecule has 1 aromatic heterocycles. The fourth-order valence-corrected chi connectivity index (χ4v) is 3.84. The Kier molecular flexibility index (Phi) is 8.53. The molecule has 1 fully saturated rings. The fourth-order valence-electron chi connectivity index (χ4n) is 3.84. The quantitative estimate of drug-likeness (QED) is 0.502. The fraction of sp³-hybridized carbons (Fsp3) is 0.500. The maximum atomic E-state index is 12.1. The van der Waals surface area contributed by atoms with E-state index in [1.165, 1.54) is 19.3 Å². The molecular weight excluding hydrogens is 390 g/mol. The molecule has 31 heavy (non-hydrogen) atoms. The molecule has 0 spiro atoms. The van der Waals surface area contributed by atoms with Crippen molar-refractivity contribution in [3.8, 4) is 0 Å². The molecule has 0 radical (unpaired) electrons. The number of carbonyl (C=O) groups is 1. The van der Waals surface area contributed by atoms with Crippen molar-refractivity contribution in [2.45, 2.75) is 38.8 Å². The van der Waals surface area contributed by atoms with Gasteiger partial charge in [0.05, 0.1) is 18.8 Å². The molecule has 0 saturated carbocycles. The number of nitrogens with zero attached hydrogens (tertiary/aromatic N) is 3. The van der Waals surface area contributed by atoms with Gasteiger partial charge >= 0.3 is 0 Å². The van der Waals surface area contributed by atoms with E-state index in [0.717, 1.165) is 43.5 Å². The number of aliphatic imine (C=N–C) groups is 1. The van der Waals surface area contributed by atoms with E-state index in [4.69, 9.17) is 9.41 Å². The molecule has 2 N–H and O–H groups in total. The molecule has 1 atom stereocenters. The highest BCUT2D eigenvalue weighted by molar-refractivity contribution is 5.93. The number of hydrogen-bond acceptors (Lipinski definition) is 4. The average molecular weight is 426 g/mol. The van der Waals surface area contributed by atoms with Crippen LogP contribution in [0.5, 0.6) is 0 Å². The molecule has 0 aliphatic carbocycles. The molecule has 1 saturated heterocycles. The lowest BCUT2D eigenvalue weighted by atomic mass is 10.1. The number of likely N-dealkylation sites (tertiary alicyclic amines) is 1. The number of hydrogen-bond donors (Lipinski definition) is 2. The van der Waals surface area contributed by atoms with Gasteiger partial charge in [0.2, 0.25) is 0 Å². The first kappa shape index (κ1) is 22.9. The minimum atomic E-state index is 0.00624. The minimum Gasteiger partial charge on any atom is -0.468 e. The van der Waals surface area contributed by atoms with Crippen LogP contribution in [-0.4, -0.2) is 61.9 Å². The number of amides is 1. The third kappa shape index (κ3) is 6.59. The molecule has 1 aromatic carbocycles. The van der Waals surface area contributed by atoms with Gasteiger partial charge in [-0.1, -0.05) is 18.6 Å². The predicted octanol–water partition coefficient (Wildman–Crippen LogP) is 3.26. The highest BCUT2D eigenvalue weighted by atomic mass is 16.3. The second-order valence-corrected chi connectivity index (χ2v) is 8.10. The van der Waals surface area contributed by atoms with Crippen LogP contribution in [0.2, 0.25) is 0 Å². The van der Waals surface area contributed by atoms with E-state index in [2.05, 4.69) is 28.5 Å². The molecule has 3 rings (SSSR count). The van der Waals surface area contributed by atoms with Crippen LogP contribution in [-0.2, 0) is 6.54 Å². The van der Waals surface area contributed by atoms with Gasteiger partial charge in [-0.25, -0.2) is 4.99 Å². The van der Waals surface area contributed by atoms with Crippen LogP contribution in [0.3, 0.4) is 0 Å². The molecule has 0 bridgehead atoms. The first-order valence-electron chi connectivity index (χ1n) is 11.2. The Morgan fingerprint density at radius 3 is 2.48 bits per heavy atom. The van der Waals surface area contributed by atoms with Gasteiger partial charge in [-0.05, 0) is 62.7 Å². The summed E-state index contributed by atoms with van der Waals surface area (Å²) in [7, 11) is 3.52. The van der Waals surface area contributed by atoms with E-state index in [-0.39, 0.29) is 11.9 Å². The number of carbonyl (C=O) groups excluding carboxylic acids is 1. The molecule has 7 nitrogen and oxygen atoms in total. The Balaban J connectivity index is 1.63. The Morgan fingerprint density at radius 2 is 1.87 bits per heavy atom. The van der Waals surface area contributed by atoms with Gasteiger partial charge in [0.1, 0.15) is 5.76 Å². The van der Waals surface area contributed by atoms with Gasteiger partial charge in [0, 0.05) is 32.7 Å². The topological polar surface area (TPSA) is 73.1 Å². The van der Waals surface area contributed by atoms with Gasteiger partial charge in [-0.15, -0.1) is 0 Å². The zero-order valence-electron chi connectivity index (χ0n) is 18.9. The van der Waals surface area contributed by atoms with E-state index in [1.807, 2.05) is 30.3 Å². The van der Waals surface area contributed by atoms with Crippen LogP contribution in [0, 0.1) is 0 Å². The zero-order chi connectivity index (χ0) is 22.1. The molecular formula is C24H35N5O2. The Hall–Kier alpha value is -2.80. The van der Waals surface area contributed by atoms with Crippen molar-refractivity contribution in [2.24, 2.45) is 4.99 Å². The molecule has 1 aliphatic heterocycles. The molecule has 1 unspecified atom stereocenters. The van der Waals surface area contributed by atoms with E-state index in [0.29, 0.717) is 12.1 Å². The maximum Gasteiger partial charge on any atom is 0.253 e. The van der Waals surface area contributed by atoms with Crippen molar-refractivity contribution in [3.05, 3.63) is 59.5 Å². The second kappa shape index (κ2) is 11.6. The number of rotatable bonds is 8. The van der Waals surface area contributed by atoms with Gasteiger partial charge in [0.15, 0.2) is 5.96 Å². The van der Waals surface area contributed by atoms with E-state index in [1.54, 1.807) is 25.3 Å². The smallest absolute Gasteiger partial charge is 0.253 e. The first-order valence-corrected chi connectivity index (χ1v) is 11.2. The van der Waals surface area contributed by atoms with E-state index >= 15 is 0 Å². The van der Waals surface area contributed by atoms with Crippen LogP contribution in [0.4, 0.5) is 0 Å². The summed E-state index contributed by atoms with van der Waals surface area (Å²) < 4.78 is 5.74. The summed E-state index contributed by atoms with van der Waals surface area (Å²) in [6.07, 6.45) is 5.52. The number of guanidine groups is 1. The predicted molar refractivity (Wildman–Crippen MR) is 124 cm³/mol. The lowest BCUT2D eigenvalue weighted by molar-refractivity contribution is 0.0827. The van der Waals surface area contributed by atoms with Crippen LogP contribution < -0.4 is 10.6 Å². The number of benzene rings is 1. The average Bonchev–Trinajstić information content (AvgIpc) is 3.32. The van der Waals surface area contributed by atoms with Crippen molar-refractivity contribution in [3.63, 3.8) is 0 Å². The lowest BCUT2D eigenvalue weighted by Crippen LogP contribution is -2.44. The Bertz CT molecular complexity index is 824. The summed E-state index contributed by atoms with van der Waals surface area (Å²) in [5, 5.41) is 6.83. The summed E-state index contributed by atoms with van der Waals surface area (Å²) in [4.78, 5) is 20.9. The van der Waals surface area contributed by atoms with Crippen LogP contribution >= 0.6 is 0 Å². The SMILES string of the molecule is CCNC(=NCc1ccc(C(=O)N(C)C)cc1)NCC(c1ccco1)N1CCCCC1. The second-order valence-electron chi connectivity index (χ2n) is 8.10. The summed E-state index contributed by atoms with van der Waals surface area (Å²) in [5.41, 5.74) is 1.75. The summed E-state index contributed by atoms with van der Waals surface area (Å²) in [5.74, 6) is 1.78. The zero-order valence-corrected chi connectivity index (χ0v) is 18.9. The van der Waals surface area contributed by atoms with Gasteiger partial charge < -0.3 is 20.0 Å². The van der Waals surface area contributed by atoms with Crippen molar-refractivity contribution in [1.29, 1.82) is 0 Å². The third-order valence-corrected chi connectivity index (χ3v) is 5.54. The van der Waals surface area contributed by atoms with Gasteiger partial charge in [0.25, 0.3) is 5.91 Å². The van der Waals surface area contributed by atoms with Crippen LogP contribution in [0.25, 0.3) is 0 Å². The molecule has 2 aromatic rings. The highest BCUT2D eigenvalue weighted by Crippen LogP contribution is 2.24. The van der Waals surface area contributed by atoms with Crippen molar-refractivity contribution in [1.82, 2.24) is 20.4 Å².